The van der Waals surface area contributed by atoms with Gasteiger partial charge >= 0.3 is 0 Å². The van der Waals surface area contributed by atoms with Crippen LogP contribution in [0.4, 0.5) is 0 Å². The summed E-state index contributed by atoms with van der Waals surface area (Å²) in [6, 6.07) is 5.98. The zero-order chi connectivity index (χ0) is 15.3. The maximum atomic E-state index is 9.18. The molecule has 2 aromatic rings. The van der Waals surface area contributed by atoms with Crippen LogP contribution in [0.5, 0.6) is 0 Å². The third-order valence-corrected chi connectivity index (χ3v) is 3.55. The fourth-order valence-corrected chi connectivity index (χ4v) is 2.13. The number of aliphatic hydroxyl groups excluding tert-OH is 1. The van der Waals surface area contributed by atoms with E-state index in [2.05, 4.69) is 10.9 Å². The van der Waals surface area contributed by atoms with Gasteiger partial charge in [0.25, 0.3) is 0 Å². The summed E-state index contributed by atoms with van der Waals surface area (Å²) in [4.78, 5) is 4.49. The van der Waals surface area contributed by atoms with Crippen LogP contribution in [-0.2, 0) is 12.8 Å². The number of hydrogen-bond donors (Lipinski definition) is 2. The van der Waals surface area contributed by atoms with Crippen molar-refractivity contribution in [2.45, 2.75) is 44.6 Å². The molecular formula is C17H22N2O2. The first kappa shape index (κ1) is 15.6. The van der Waals surface area contributed by atoms with Crippen molar-refractivity contribution >= 4 is 11.1 Å². The highest BCUT2D eigenvalue weighted by Crippen LogP contribution is 2.20. The number of rotatable bonds is 7. The van der Waals surface area contributed by atoms with Gasteiger partial charge in [-0.1, -0.05) is 6.07 Å². The molecule has 0 amide bonds. The van der Waals surface area contributed by atoms with E-state index in [1.54, 1.807) is 0 Å². The number of hydrogen-bond acceptors (Lipinski definition) is 4. The van der Waals surface area contributed by atoms with Crippen molar-refractivity contribution in [3.05, 3.63) is 29.7 Å². The van der Waals surface area contributed by atoms with Gasteiger partial charge in [0.1, 0.15) is 5.52 Å². The maximum absolute atomic E-state index is 9.18. The first-order valence-corrected chi connectivity index (χ1v) is 7.25. The van der Waals surface area contributed by atoms with Crippen molar-refractivity contribution in [3.63, 3.8) is 0 Å². The minimum atomic E-state index is -0.542. The predicted octanol–water partition coefficient (Wildman–Crippen LogP) is 2.43. The summed E-state index contributed by atoms with van der Waals surface area (Å²) < 4.78 is 5.69. The zero-order valence-corrected chi connectivity index (χ0v) is 12.4. The molecule has 1 atom stereocenters. The number of fused-ring (bicyclic) bond motifs is 1. The van der Waals surface area contributed by atoms with Crippen molar-refractivity contribution in [3.8, 4) is 12.3 Å². The van der Waals surface area contributed by atoms with Crippen LogP contribution in [-0.4, -0.2) is 22.2 Å². The molecule has 1 heterocycles. The highest BCUT2D eigenvalue weighted by molar-refractivity contribution is 5.73. The molecule has 3 N–H and O–H groups in total. The van der Waals surface area contributed by atoms with Crippen LogP contribution in [0.3, 0.4) is 0 Å². The Hall–Kier alpha value is -1.83. The second kappa shape index (κ2) is 6.75. The fraction of sp³-hybridized carbons (Fsp3) is 0.471. The topological polar surface area (TPSA) is 72.3 Å². The molecule has 4 heteroatoms. The lowest BCUT2D eigenvalue weighted by molar-refractivity contribution is 0.200. The number of aromatic nitrogens is 1. The second-order valence-electron chi connectivity index (χ2n) is 5.78. The molecule has 1 unspecified atom stereocenters. The Morgan fingerprint density at radius 2 is 2.24 bits per heavy atom. The molecule has 0 aliphatic rings. The van der Waals surface area contributed by atoms with Gasteiger partial charge in [0.15, 0.2) is 11.5 Å². The fourth-order valence-electron chi connectivity index (χ4n) is 2.13. The van der Waals surface area contributed by atoms with Gasteiger partial charge in [-0.2, -0.15) is 0 Å². The molecule has 4 nitrogen and oxygen atoms in total. The van der Waals surface area contributed by atoms with Crippen LogP contribution in [0.1, 0.15) is 37.6 Å². The zero-order valence-electron chi connectivity index (χ0n) is 12.4. The van der Waals surface area contributed by atoms with E-state index in [0.29, 0.717) is 0 Å². The normalized spacial score (nSPS) is 14.0. The summed E-state index contributed by atoms with van der Waals surface area (Å²) in [5.41, 5.74) is 8.22. The van der Waals surface area contributed by atoms with Crippen molar-refractivity contribution < 1.29 is 9.52 Å². The van der Waals surface area contributed by atoms with Crippen LogP contribution in [0.2, 0.25) is 0 Å². The average Bonchev–Trinajstić information content (AvgIpc) is 2.87. The number of oxazole rings is 1. The molecule has 0 saturated heterocycles. The highest BCUT2D eigenvalue weighted by atomic mass is 16.3. The first-order valence-electron chi connectivity index (χ1n) is 7.25. The quantitative estimate of drug-likeness (QED) is 0.605. The van der Waals surface area contributed by atoms with Crippen molar-refractivity contribution in [1.82, 2.24) is 4.98 Å². The highest BCUT2D eigenvalue weighted by Gasteiger charge is 2.16. The molecule has 0 radical (unpaired) electrons. The van der Waals surface area contributed by atoms with Crippen LogP contribution < -0.4 is 5.73 Å². The van der Waals surface area contributed by atoms with Gasteiger partial charge in [-0.25, -0.2) is 4.98 Å². The van der Waals surface area contributed by atoms with Gasteiger partial charge in [0, 0.05) is 18.4 Å². The lowest BCUT2D eigenvalue weighted by atomic mass is 9.95. The van der Waals surface area contributed by atoms with E-state index in [-0.39, 0.29) is 6.61 Å². The summed E-state index contributed by atoms with van der Waals surface area (Å²) in [6.07, 6.45) is 9.16. The van der Waals surface area contributed by atoms with E-state index in [4.69, 9.17) is 16.6 Å². The molecule has 1 aromatic heterocycles. The van der Waals surface area contributed by atoms with Crippen molar-refractivity contribution in [2.24, 2.45) is 5.73 Å². The lowest BCUT2D eigenvalue weighted by Crippen LogP contribution is -2.40. The first-order chi connectivity index (χ1) is 10.0. The van der Waals surface area contributed by atoms with Gasteiger partial charge in [-0.15, -0.1) is 12.3 Å². The van der Waals surface area contributed by atoms with E-state index in [1.165, 1.54) is 0 Å². The molecule has 2 rings (SSSR count). The van der Waals surface area contributed by atoms with Gasteiger partial charge in [0.05, 0.1) is 6.61 Å². The summed E-state index contributed by atoms with van der Waals surface area (Å²) in [7, 11) is 0. The molecule has 0 aliphatic heterocycles. The van der Waals surface area contributed by atoms with Crippen molar-refractivity contribution in [1.29, 1.82) is 0 Å². The number of nitrogens with zero attached hydrogens (tertiary/aromatic N) is 1. The molecule has 0 saturated carbocycles. The lowest BCUT2D eigenvalue weighted by Gasteiger charge is -2.21. The minimum Gasteiger partial charge on any atom is -0.441 e. The van der Waals surface area contributed by atoms with E-state index in [1.807, 2.05) is 25.1 Å². The molecule has 112 valence electrons. The molecular weight excluding hydrogens is 264 g/mol. The molecule has 0 spiro atoms. The van der Waals surface area contributed by atoms with Crippen LogP contribution in [0.15, 0.2) is 22.6 Å². The Morgan fingerprint density at radius 3 is 2.95 bits per heavy atom. The number of aliphatic hydroxyl groups is 1. The molecule has 1 aromatic carbocycles. The molecule has 21 heavy (non-hydrogen) atoms. The Balaban J connectivity index is 2.05. The van der Waals surface area contributed by atoms with E-state index >= 15 is 0 Å². The number of nitrogens with two attached hydrogens (primary N) is 1. The maximum Gasteiger partial charge on any atom is 0.195 e. The molecule has 0 bridgehead atoms. The van der Waals surface area contributed by atoms with Crippen molar-refractivity contribution in [2.75, 3.05) is 6.61 Å². The van der Waals surface area contributed by atoms with Gasteiger partial charge in [-0.05, 0) is 43.9 Å². The van der Waals surface area contributed by atoms with Crippen LogP contribution >= 0.6 is 0 Å². The summed E-state index contributed by atoms with van der Waals surface area (Å²) in [6.45, 7) is 1.84. The van der Waals surface area contributed by atoms with Crippen LogP contribution in [0, 0.1) is 12.3 Å². The van der Waals surface area contributed by atoms with Gasteiger partial charge in [-0.3, -0.25) is 0 Å². The van der Waals surface area contributed by atoms with Crippen LogP contribution in [0.25, 0.3) is 11.1 Å². The number of aryl methyl sites for hydroxylation is 2. The third kappa shape index (κ3) is 4.32. The molecule has 0 aliphatic carbocycles. The monoisotopic (exact) mass is 286 g/mol. The third-order valence-electron chi connectivity index (χ3n) is 3.55. The van der Waals surface area contributed by atoms with Gasteiger partial charge in [0.2, 0.25) is 0 Å². The Labute approximate surface area is 125 Å². The number of benzene rings is 1. The number of unbranched alkanes of at least 4 members (excludes halogenated alkanes) is 1. The summed E-state index contributed by atoms with van der Waals surface area (Å²) >= 11 is 0. The predicted molar refractivity (Wildman–Crippen MR) is 83.8 cm³/mol. The SMILES string of the molecule is C#CCCCc1nc2cc(CCC(C)(N)CO)ccc2o1. The van der Waals surface area contributed by atoms with E-state index in [0.717, 1.165) is 54.7 Å². The Kier molecular flexibility index (Phi) is 5.00. The minimum absolute atomic E-state index is 0.0153. The standard InChI is InChI=1S/C17H22N2O2/c1-3-4-5-6-16-19-14-11-13(7-8-15(14)21-16)9-10-17(2,18)12-20/h1,7-8,11,20H,4-6,9-10,12,18H2,2H3. The molecule has 0 fully saturated rings. The van der Waals surface area contributed by atoms with Gasteiger partial charge < -0.3 is 15.3 Å². The van der Waals surface area contributed by atoms with E-state index in [9.17, 15) is 5.11 Å². The number of terminal acetylenes is 1. The van der Waals surface area contributed by atoms with E-state index < -0.39 is 5.54 Å². The Morgan fingerprint density at radius 1 is 1.43 bits per heavy atom. The summed E-state index contributed by atoms with van der Waals surface area (Å²) in [5, 5.41) is 9.18. The smallest absolute Gasteiger partial charge is 0.195 e. The summed E-state index contributed by atoms with van der Waals surface area (Å²) in [5.74, 6) is 3.35. The Bertz CT molecular complexity index is 638. The average molecular weight is 286 g/mol. The second-order valence-corrected chi connectivity index (χ2v) is 5.78. The largest absolute Gasteiger partial charge is 0.441 e.